The Morgan fingerprint density at radius 3 is 2.81 bits per heavy atom. The Morgan fingerprint density at radius 2 is 2.25 bits per heavy atom. The molecule has 2 aromatic heterocycles. The molecule has 4 nitrogen and oxygen atoms in total. The lowest BCUT2D eigenvalue weighted by Gasteiger charge is -2.20. The van der Waals surface area contributed by atoms with E-state index in [4.69, 9.17) is 5.73 Å². The first-order valence-electron chi connectivity index (χ1n) is 4.99. The lowest BCUT2D eigenvalue weighted by atomic mass is 9.94. The van der Waals surface area contributed by atoms with Gasteiger partial charge in [-0.05, 0) is 11.6 Å². The molecule has 0 aromatic carbocycles. The van der Waals surface area contributed by atoms with Crippen LogP contribution in [0.2, 0.25) is 0 Å². The van der Waals surface area contributed by atoms with E-state index in [1.807, 2.05) is 12.1 Å². The third kappa shape index (κ3) is 2.27. The number of pyridine rings is 1. The molecule has 0 saturated carbocycles. The van der Waals surface area contributed by atoms with Crippen LogP contribution in [0.3, 0.4) is 0 Å². The van der Waals surface area contributed by atoms with Crippen molar-refractivity contribution >= 4 is 11.3 Å². The van der Waals surface area contributed by atoms with E-state index < -0.39 is 6.10 Å². The molecule has 2 atom stereocenters. The molecular formula is C11H13N3OS. The summed E-state index contributed by atoms with van der Waals surface area (Å²) in [6.45, 7) is 0.380. The van der Waals surface area contributed by atoms with E-state index in [0.29, 0.717) is 6.54 Å². The molecular weight excluding hydrogens is 222 g/mol. The molecule has 2 rings (SSSR count). The van der Waals surface area contributed by atoms with Gasteiger partial charge in [0.25, 0.3) is 0 Å². The molecule has 84 valence electrons. The van der Waals surface area contributed by atoms with E-state index in [2.05, 4.69) is 9.97 Å². The van der Waals surface area contributed by atoms with Crippen LogP contribution in [0, 0.1) is 0 Å². The van der Waals surface area contributed by atoms with Crippen molar-refractivity contribution in [1.82, 2.24) is 9.97 Å². The lowest BCUT2D eigenvalue weighted by Crippen LogP contribution is -2.19. The zero-order valence-electron chi connectivity index (χ0n) is 8.65. The number of thiazole rings is 1. The Bertz CT molecular complexity index is 418. The van der Waals surface area contributed by atoms with Crippen LogP contribution in [0.4, 0.5) is 0 Å². The standard InChI is InChI=1S/C11H13N3OS/c12-4-9(8-2-1-3-13-5-8)11(15)10-6-14-7-16-10/h1-3,5-7,9,11,15H,4,12H2. The van der Waals surface area contributed by atoms with Gasteiger partial charge in [-0.25, -0.2) is 0 Å². The van der Waals surface area contributed by atoms with E-state index in [9.17, 15) is 5.11 Å². The Balaban J connectivity index is 2.23. The average Bonchev–Trinajstić information content (AvgIpc) is 2.85. The first kappa shape index (κ1) is 11.2. The fourth-order valence-electron chi connectivity index (χ4n) is 1.61. The van der Waals surface area contributed by atoms with E-state index in [1.165, 1.54) is 11.3 Å². The number of nitrogens with zero attached hydrogens (tertiary/aromatic N) is 2. The van der Waals surface area contributed by atoms with Gasteiger partial charge in [-0.2, -0.15) is 0 Å². The molecule has 3 N–H and O–H groups in total. The summed E-state index contributed by atoms with van der Waals surface area (Å²) in [6, 6.07) is 3.77. The minimum Gasteiger partial charge on any atom is -0.387 e. The van der Waals surface area contributed by atoms with Crippen molar-refractivity contribution in [2.24, 2.45) is 5.73 Å². The predicted octanol–water partition coefficient (Wildman–Crippen LogP) is 1.31. The second-order valence-electron chi connectivity index (χ2n) is 3.48. The maximum atomic E-state index is 10.2. The molecule has 2 heterocycles. The highest BCUT2D eigenvalue weighted by atomic mass is 32.1. The Labute approximate surface area is 97.8 Å². The monoisotopic (exact) mass is 235 g/mol. The summed E-state index contributed by atoms with van der Waals surface area (Å²) < 4.78 is 0. The smallest absolute Gasteiger partial charge is 0.0978 e. The van der Waals surface area contributed by atoms with Gasteiger partial charge in [0.15, 0.2) is 0 Å². The van der Waals surface area contributed by atoms with Crippen molar-refractivity contribution < 1.29 is 5.11 Å². The van der Waals surface area contributed by atoms with Crippen LogP contribution in [0.5, 0.6) is 0 Å². The molecule has 16 heavy (non-hydrogen) atoms. The maximum absolute atomic E-state index is 10.2. The molecule has 2 aromatic rings. The van der Waals surface area contributed by atoms with Crippen LogP contribution in [0.1, 0.15) is 22.5 Å². The Morgan fingerprint density at radius 1 is 1.38 bits per heavy atom. The van der Waals surface area contributed by atoms with Crippen molar-refractivity contribution in [1.29, 1.82) is 0 Å². The third-order valence-electron chi connectivity index (χ3n) is 2.49. The Kier molecular flexibility index (Phi) is 3.61. The second kappa shape index (κ2) is 5.16. The summed E-state index contributed by atoms with van der Waals surface area (Å²) in [7, 11) is 0. The highest BCUT2D eigenvalue weighted by molar-refractivity contribution is 7.09. The van der Waals surface area contributed by atoms with Crippen molar-refractivity contribution in [3.63, 3.8) is 0 Å². The van der Waals surface area contributed by atoms with Crippen molar-refractivity contribution in [2.45, 2.75) is 12.0 Å². The lowest BCUT2D eigenvalue weighted by molar-refractivity contribution is 0.150. The number of rotatable bonds is 4. The fourth-order valence-corrected chi connectivity index (χ4v) is 2.28. The molecule has 0 amide bonds. The molecule has 0 aliphatic heterocycles. The minimum absolute atomic E-state index is 0.130. The first-order chi connectivity index (χ1) is 7.83. The molecule has 0 fully saturated rings. The second-order valence-corrected chi connectivity index (χ2v) is 4.40. The predicted molar refractivity (Wildman–Crippen MR) is 63.1 cm³/mol. The Hall–Kier alpha value is -1.30. The molecule has 5 heteroatoms. The molecule has 0 radical (unpaired) electrons. The first-order valence-corrected chi connectivity index (χ1v) is 5.87. The summed E-state index contributed by atoms with van der Waals surface area (Å²) in [4.78, 5) is 8.83. The molecule has 0 aliphatic rings. The van der Waals surface area contributed by atoms with E-state index in [0.717, 1.165) is 10.4 Å². The normalized spacial score (nSPS) is 14.6. The van der Waals surface area contributed by atoms with Gasteiger partial charge in [-0.3, -0.25) is 9.97 Å². The molecule has 2 unspecified atom stereocenters. The van der Waals surface area contributed by atoms with Gasteiger partial charge in [0.05, 0.1) is 16.5 Å². The van der Waals surface area contributed by atoms with E-state index in [-0.39, 0.29) is 5.92 Å². The van der Waals surface area contributed by atoms with E-state index in [1.54, 1.807) is 24.1 Å². The van der Waals surface area contributed by atoms with Crippen LogP contribution in [-0.4, -0.2) is 21.6 Å². The van der Waals surface area contributed by atoms with Gasteiger partial charge >= 0.3 is 0 Å². The van der Waals surface area contributed by atoms with Crippen molar-refractivity contribution in [3.8, 4) is 0 Å². The van der Waals surface area contributed by atoms with Gasteiger partial charge in [0.1, 0.15) is 0 Å². The van der Waals surface area contributed by atoms with Gasteiger partial charge in [0, 0.05) is 31.1 Å². The summed E-state index contributed by atoms with van der Waals surface area (Å²) in [5, 5.41) is 10.2. The summed E-state index contributed by atoms with van der Waals surface area (Å²) >= 11 is 1.43. The summed E-state index contributed by atoms with van der Waals surface area (Å²) in [5.74, 6) is -0.130. The molecule has 0 aliphatic carbocycles. The van der Waals surface area contributed by atoms with Gasteiger partial charge in [-0.1, -0.05) is 6.07 Å². The van der Waals surface area contributed by atoms with Gasteiger partial charge < -0.3 is 10.8 Å². The fraction of sp³-hybridized carbons (Fsp3) is 0.273. The maximum Gasteiger partial charge on any atom is 0.0978 e. The summed E-state index contributed by atoms with van der Waals surface area (Å²) in [6.07, 6.45) is 4.51. The molecule has 0 bridgehead atoms. The van der Waals surface area contributed by atoms with Gasteiger partial charge in [0.2, 0.25) is 0 Å². The quantitative estimate of drug-likeness (QED) is 0.838. The molecule has 0 spiro atoms. The third-order valence-corrected chi connectivity index (χ3v) is 3.34. The van der Waals surface area contributed by atoms with Crippen molar-refractivity contribution in [3.05, 3.63) is 46.7 Å². The van der Waals surface area contributed by atoms with E-state index >= 15 is 0 Å². The number of aliphatic hydroxyl groups excluding tert-OH is 1. The molecule has 0 saturated heterocycles. The number of aliphatic hydroxyl groups is 1. The van der Waals surface area contributed by atoms with Crippen LogP contribution >= 0.6 is 11.3 Å². The van der Waals surface area contributed by atoms with Crippen molar-refractivity contribution in [2.75, 3.05) is 6.54 Å². The number of aromatic nitrogens is 2. The van der Waals surface area contributed by atoms with Crippen LogP contribution in [-0.2, 0) is 0 Å². The van der Waals surface area contributed by atoms with Crippen LogP contribution in [0.25, 0.3) is 0 Å². The zero-order chi connectivity index (χ0) is 11.4. The minimum atomic E-state index is -0.610. The summed E-state index contributed by atoms with van der Waals surface area (Å²) in [5.41, 5.74) is 8.36. The number of hydrogen-bond acceptors (Lipinski definition) is 5. The highest BCUT2D eigenvalue weighted by Gasteiger charge is 2.22. The largest absolute Gasteiger partial charge is 0.387 e. The average molecular weight is 235 g/mol. The van der Waals surface area contributed by atoms with Crippen LogP contribution < -0.4 is 5.73 Å². The van der Waals surface area contributed by atoms with Crippen LogP contribution in [0.15, 0.2) is 36.2 Å². The number of nitrogens with two attached hydrogens (primary N) is 1. The number of hydrogen-bond donors (Lipinski definition) is 2. The SMILES string of the molecule is NCC(c1cccnc1)C(O)c1cncs1. The van der Waals surface area contributed by atoms with Gasteiger partial charge in [-0.15, -0.1) is 11.3 Å². The zero-order valence-corrected chi connectivity index (χ0v) is 9.47. The topological polar surface area (TPSA) is 72.0 Å². The highest BCUT2D eigenvalue weighted by Crippen LogP contribution is 2.31.